The highest BCUT2D eigenvalue weighted by atomic mass is 35.5. The topological polar surface area (TPSA) is 29.1 Å². The van der Waals surface area contributed by atoms with Crippen molar-refractivity contribution in [2.45, 2.75) is 0 Å². The third kappa shape index (κ3) is 3.26. The lowest BCUT2D eigenvalue weighted by atomic mass is 10.2. The Morgan fingerprint density at radius 2 is 2.13 bits per heavy atom. The number of hydrogen-bond acceptors (Lipinski definition) is 1. The van der Waals surface area contributed by atoms with Crippen molar-refractivity contribution in [2.75, 3.05) is 6.54 Å². The van der Waals surface area contributed by atoms with Crippen molar-refractivity contribution >= 4 is 17.5 Å². The van der Waals surface area contributed by atoms with E-state index in [1.165, 1.54) is 0 Å². The van der Waals surface area contributed by atoms with E-state index in [0.29, 0.717) is 17.1 Å². The number of carbonyl (C=O) groups is 1. The molecule has 0 aromatic heterocycles. The minimum atomic E-state index is -0.205. The summed E-state index contributed by atoms with van der Waals surface area (Å²) in [7, 11) is 0. The number of amides is 1. The van der Waals surface area contributed by atoms with Gasteiger partial charge in [-0.15, -0.1) is 0 Å². The zero-order valence-corrected chi connectivity index (χ0v) is 9.05. The highest BCUT2D eigenvalue weighted by Crippen LogP contribution is 2.14. The summed E-state index contributed by atoms with van der Waals surface area (Å²) < 4.78 is 0. The standard InChI is InChI=1S/C12H12ClNO/c1-3-9(2)8-14-12(15)10-6-4-5-7-11(10)13/h3-7H,1-2,8H2,(H,14,15). The molecule has 1 aromatic carbocycles. The molecule has 0 unspecified atom stereocenters. The fourth-order valence-corrected chi connectivity index (χ4v) is 1.23. The van der Waals surface area contributed by atoms with Gasteiger partial charge in [0.15, 0.2) is 0 Å². The van der Waals surface area contributed by atoms with Crippen LogP contribution in [0.4, 0.5) is 0 Å². The maximum Gasteiger partial charge on any atom is 0.253 e. The van der Waals surface area contributed by atoms with Gasteiger partial charge in [0.05, 0.1) is 10.6 Å². The molecular formula is C12H12ClNO. The van der Waals surface area contributed by atoms with Crippen LogP contribution < -0.4 is 5.32 Å². The van der Waals surface area contributed by atoms with E-state index in [1.807, 2.05) is 0 Å². The van der Waals surface area contributed by atoms with Gasteiger partial charge in [0.1, 0.15) is 0 Å². The number of benzene rings is 1. The van der Waals surface area contributed by atoms with E-state index in [-0.39, 0.29) is 5.91 Å². The molecule has 0 aliphatic carbocycles. The fraction of sp³-hybridized carbons (Fsp3) is 0.0833. The maximum atomic E-state index is 11.6. The van der Waals surface area contributed by atoms with Gasteiger partial charge in [-0.1, -0.05) is 43.0 Å². The Hall–Kier alpha value is -1.54. The number of halogens is 1. The molecule has 0 bridgehead atoms. The van der Waals surface area contributed by atoms with E-state index in [2.05, 4.69) is 18.5 Å². The van der Waals surface area contributed by atoms with Gasteiger partial charge < -0.3 is 5.32 Å². The predicted octanol–water partition coefficient (Wildman–Crippen LogP) is 2.81. The highest BCUT2D eigenvalue weighted by Gasteiger charge is 2.08. The van der Waals surface area contributed by atoms with Crippen LogP contribution >= 0.6 is 11.6 Å². The molecule has 0 heterocycles. The summed E-state index contributed by atoms with van der Waals surface area (Å²) in [6.07, 6.45) is 1.60. The lowest BCUT2D eigenvalue weighted by Gasteiger charge is -2.05. The normalized spacial score (nSPS) is 9.40. The van der Waals surface area contributed by atoms with Crippen LogP contribution in [0.5, 0.6) is 0 Å². The SMILES string of the molecule is C=CC(=C)CNC(=O)c1ccccc1Cl. The molecule has 0 atom stereocenters. The largest absolute Gasteiger partial charge is 0.348 e. The molecule has 0 aliphatic heterocycles. The first-order chi connectivity index (χ1) is 7.15. The second kappa shape index (κ2) is 5.37. The van der Waals surface area contributed by atoms with Crippen LogP contribution in [-0.4, -0.2) is 12.5 Å². The lowest BCUT2D eigenvalue weighted by Crippen LogP contribution is -2.25. The minimum Gasteiger partial charge on any atom is -0.348 e. The third-order valence-corrected chi connectivity index (χ3v) is 2.21. The van der Waals surface area contributed by atoms with Crippen LogP contribution in [0.1, 0.15) is 10.4 Å². The smallest absolute Gasteiger partial charge is 0.253 e. The Bertz CT molecular complexity index is 398. The second-order valence-corrected chi connectivity index (χ2v) is 3.43. The summed E-state index contributed by atoms with van der Waals surface area (Å²) in [6, 6.07) is 6.90. The molecule has 2 nitrogen and oxygen atoms in total. The molecule has 3 heteroatoms. The second-order valence-electron chi connectivity index (χ2n) is 3.02. The van der Waals surface area contributed by atoms with Gasteiger partial charge in [-0.3, -0.25) is 4.79 Å². The first kappa shape index (κ1) is 11.5. The Balaban J connectivity index is 2.66. The Labute approximate surface area is 94.3 Å². The van der Waals surface area contributed by atoms with Crippen molar-refractivity contribution in [1.82, 2.24) is 5.32 Å². The van der Waals surface area contributed by atoms with Gasteiger partial charge >= 0.3 is 0 Å². The van der Waals surface area contributed by atoms with Crippen LogP contribution in [0.3, 0.4) is 0 Å². The lowest BCUT2D eigenvalue weighted by molar-refractivity contribution is 0.0957. The van der Waals surface area contributed by atoms with E-state index in [0.717, 1.165) is 5.57 Å². The summed E-state index contributed by atoms with van der Waals surface area (Å²) in [5.74, 6) is -0.205. The van der Waals surface area contributed by atoms with Gasteiger partial charge in [0.25, 0.3) is 5.91 Å². The van der Waals surface area contributed by atoms with Crippen molar-refractivity contribution < 1.29 is 4.79 Å². The van der Waals surface area contributed by atoms with Crippen LogP contribution in [0.25, 0.3) is 0 Å². The molecule has 0 saturated heterocycles. The van der Waals surface area contributed by atoms with Crippen molar-refractivity contribution in [3.63, 3.8) is 0 Å². The van der Waals surface area contributed by atoms with Crippen LogP contribution in [0, 0.1) is 0 Å². The summed E-state index contributed by atoms with van der Waals surface area (Å²) in [4.78, 5) is 11.6. The zero-order chi connectivity index (χ0) is 11.3. The van der Waals surface area contributed by atoms with Crippen LogP contribution in [0.2, 0.25) is 5.02 Å². The molecule has 1 aromatic rings. The fourth-order valence-electron chi connectivity index (χ4n) is 1.01. The van der Waals surface area contributed by atoms with Crippen LogP contribution in [0.15, 0.2) is 49.1 Å². The molecule has 1 rings (SSSR count). The zero-order valence-electron chi connectivity index (χ0n) is 8.29. The molecule has 0 saturated carbocycles. The molecule has 0 fully saturated rings. The monoisotopic (exact) mass is 221 g/mol. The number of hydrogen-bond donors (Lipinski definition) is 1. The first-order valence-corrected chi connectivity index (χ1v) is 4.86. The molecule has 78 valence electrons. The summed E-state index contributed by atoms with van der Waals surface area (Å²) in [6.45, 7) is 7.63. The van der Waals surface area contributed by atoms with E-state index in [1.54, 1.807) is 30.3 Å². The van der Waals surface area contributed by atoms with Gasteiger partial charge in [-0.2, -0.15) is 0 Å². The summed E-state index contributed by atoms with van der Waals surface area (Å²) in [5, 5.41) is 3.14. The quantitative estimate of drug-likeness (QED) is 0.779. The van der Waals surface area contributed by atoms with Gasteiger partial charge in [0.2, 0.25) is 0 Å². The molecule has 0 aliphatic rings. The van der Waals surface area contributed by atoms with Crippen molar-refractivity contribution in [3.8, 4) is 0 Å². The summed E-state index contributed by atoms with van der Waals surface area (Å²) in [5.41, 5.74) is 1.23. The van der Waals surface area contributed by atoms with Crippen molar-refractivity contribution in [2.24, 2.45) is 0 Å². The van der Waals surface area contributed by atoms with E-state index < -0.39 is 0 Å². The Morgan fingerprint density at radius 1 is 1.47 bits per heavy atom. The Morgan fingerprint density at radius 3 is 2.73 bits per heavy atom. The molecule has 0 spiro atoms. The van der Waals surface area contributed by atoms with Gasteiger partial charge in [0, 0.05) is 6.54 Å². The molecule has 0 radical (unpaired) electrons. The molecule has 15 heavy (non-hydrogen) atoms. The van der Waals surface area contributed by atoms with Gasteiger partial charge in [-0.05, 0) is 17.7 Å². The Kier molecular flexibility index (Phi) is 4.13. The summed E-state index contributed by atoms with van der Waals surface area (Å²) >= 11 is 5.86. The number of carbonyl (C=O) groups excluding carboxylic acids is 1. The average molecular weight is 222 g/mol. The number of rotatable bonds is 4. The first-order valence-electron chi connectivity index (χ1n) is 4.48. The van der Waals surface area contributed by atoms with Gasteiger partial charge in [-0.25, -0.2) is 0 Å². The third-order valence-electron chi connectivity index (χ3n) is 1.88. The predicted molar refractivity (Wildman–Crippen MR) is 63.1 cm³/mol. The van der Waals surface area contributed by atoms with Crippen LogP contribution in [-0.2, 0) is 0 Å². The van der Waals surface area contributed by atoms with E-state index in [9.17, 15) is 4.79 Å². The van der Waals surface area contributed by atoms with Crippen molar-refractivity contribution in [3.05, 3.63) is 59.7 Å². The maximum absolute atomic E-state index is 11.6. The molecule has 1 N–H and O–H groups in total. The average Bonchev–Trinajstić information content (AvgIpc) is 2.26. The number of nitrogens with one attached hydrogen (secondary N) is 1. The molecular weight excluding hydrogens is 210 g/mol. The van der Waals surface area contributed by atoms with Crippen molar-refractivity contribution in [1.29, 1.82) is 0 Å². The minimum absolute atomic E-state index is 0.205. The highest BCUT2D eigenvalue weighted by molar-refractivity contribution is 6.33. The van der Waals surface area contributed by atoms with E-state index in [4.69, 9.17) is 11.6 Å². The van der Waals surface area contributed by atoms with E-state index >= 15 is 0 Å². The molecule has 1 amide bonds.